The van der Waals surface area contributed by atoms with Crippen molar-refractivity contribution >= 4 is 34.7 Å². The Labute approximate surface area is 138 Å². The molecule has 1 amide bonds. The average molecular weight is 317 g/mol. The van der Waals surface area contributed by atoms with Gasteiger partial charge in [0.05, 0.1) is 17.4 Å². The molecule has 0 bridgehead atoms. The van der Waals surface area contributed by atoms with Crippen molar-refractivity contribution in [3.63, 3.8) is 0 Å². The van der Waals surface area contributed by atoms with Crippen LogP contribution in [0, 0.1) is 0 Å². The van der Waals surface area contributed by atoms with Gasteiger partial charge in [0.1, 0.15) is 5.70 Å². The highest BCUT2D eigenvalue weighted by molar-refractivity contribution is 6.18. The Hall–Kier alpha value is -3.41. The zero-order chi connectivity index (χ0) is 16.5. The van der Waals surface area contributed by atoms with Gasteiger partial charge < -0.3 is 9.88 Å². The number of carbonyl (C=O) groups excluding carboxylic acids is 1. The third kappa shape index (κ3) is 2.54. The van der Waals surface area contributed by atoms with Crippen molar-refractivity contribution in [3.05, 3.63) is 66.1 Å². The number of carbonyl (C=O) groups is 1. The molecule has 0 fully saturated rings. The number of aliphatic imine (C=N–C) groups is 1. The van der Waals surface area contributed by atoms with Gasteiger partial charge in [0.15, 0.2) is 0 Å². The van der Waals surface area contributed by atoms with Crippen LogP contribution in [0.5, 0.6) is 0 Å². The summed E-state index contributed by atoms with van der Waals surface area (Å²) >= 11 is 0. The van der Waals surface area contributed by atoms with E-state index in [9.17, 15) is 4.79 Å². The molecular weight excluding hydrogens is 302 g/mol. The minimum Gasteiger partial charge on any atom is -0.345 e. The third-order valence-electron chi connectivity index (χ3n) is 3.89. The van der Waals surface area contributed by atoms with Gasteiger partial charge in [-0.05, 0) is 35.9 Å². The van der Waals surface area contributed by atoms with Crippen LogP contribution in [-0.4, -0.2) is 28.9 Å². The van der Waals surface area contributed by atoms with E-state index in [0.717, 1.165) is 22.3 Å². The standard InChI is InChI=1S/C18H15N5O/c1-23(13-5-3-2-4-6-13)18-21-16(17(24)22-18)10-12-7-8-14-15(9-12)20-11-19-14/h2-11H,1H3,(H,19,20)(H,21,22,24)/b16-10-. The summed E-state index contributed by atoms with van der Waals surface area (Å²) in [5.41, 5.74) is 4.03. The van der Waals surface area contributed by atoms with Gasteiger partial charge in [0, 0.05) is 12.7 Å². The topological polar surface area (TPSA) is 73.4 Å². The van der Waals surface area contributed by atoms with E-state index in [2.05, 4.69) is 20.3 Å². The van der Waals surface area contributed by atoms with Crippen molar-refractivity contribution < 1.29 is 4.79 Å². The SMILES string of the molecule is CN(C1=N/C(=C\c2ccc3[nH]cnc3c2)C(=O)N1)c1ccccc1. The molecule has 0 aliphatic carbocycles. The van der Waals surface area contributed by atoms with Gasteiger partial charge >= 0.3 is 0 Å². The van der Waals surface area contributed by atoms with Gasteiger partial charge in [0.25, 0.3) is 5.91 Å². The smallest absolute Gasteiger partial charge is 0.276 e. The predicted octanol–water partition coefficient (Wildman–Crippen LogP) is 2.53. The fourth-order valence-corrected chi connectivity index (χ4v) is 2.59. The van der Waals surface area contributed by atoms with E-state index in [0.29, 0.717) is 11.7 Å². The highest BCUT2D eigenvalue weighted by Crippen LogP contribution is 2.19. The van der Waals surface area contributed by atoms with Gasteiger partial charge in [-0.2, -0.15) is 0 Å². The molecular formula is C18H15N5O. The van der Waals surface area contributed by atoms with E-state index in [1.807, 2.05) is 60.5 Å². The number of hydrogen-bond donors (Lipinski definition) is 2. The average Bonchev–Trinajstić information content (AvgIpc) is 3.21. The fraction of sp³-hybridized carbons (Fsp3) is 0.0556. The Morgan fingerprint density at radius 1 is 1.12 bits per heavy atom. The summed E-state index contributed by atoms with van der Waals surface area (Å²) in [5.74, 6) is 0.299. The maximum atomic E-state index is 12.2. The van der Waals surface area contributed by atoms with Gasteiger partial charge in [-0.25, -0.2) is 9.98 Å². The van der Waals surface area contributed by atoms with Crippen LogP contribution in [0.3, 0.4) is 0 Å². The zero-order valence-corrected chi connectivity index (χ0v) is 13.0. The third-order valence-corrected chi connectivity index (χ3v) is 3.89. The lowest BCUT2D eigenvalue weighted by Gasteiger charge is -2.17. The number of aromatic amines is 1. The molecule has 3 aromatic rings. The van der Waals surface area contributed by atoms with E-state index in [1.165, 1.54) is 0 Å². The summed E-state index contributed by atoms with van der Waals surface area (Å²) in [5, 5.41) is 2.80. The molecule has 0 saturated carbocycles. The highest BCUT2D eigenvalue weighted by Gasteiger charge is 2.23. The van der Waals surface area contributed by atoms with Gasteiger partial charge in [-0.15, -0.1) is 0 Å². The van der Waals surface area contributed by atoms with Crippen molar-refractivity contribution in [2.75, 3.05) is 11.9 Å². The van der Waals surface area contributed by atoms with Crippen LogP contribution in [0.25, 0.3) is 17.1 Å². The van der Waals surface area contributed by atoms with E-state index in [1.54, 1.807) is 12.4 Å². The summed E-state index contributed by atoms with van der Waals surface area (Å²) in [7, 11) is 1.87. The molecule has 0 unspecified atom stereocenters. The Morgan fingerprint density at radius 3 is 2.79 bits per heavy atom. The molecule has 0 saturated heterocycles. The molecule has 2 N–H and O–H groups in total. The number of guanidine groups is 1. The molecule has 6 heteroatoms. The Kier molecular flexibility index (Phi) is 3.35. The minimum atomic E-state index is -0.213. The van der Waals surface area contributed by atoms with Crippen LogP contribution in [0.1, 0.15) is 5.56 Å². The van der Waals surface area contributed by atoms with Crippen LogP contribution in [0.2, 0.25) is 0 Å². The number of aromatic nitrogens is 2. The molecule has 2 heterocycles. The molecule has 1 aromatic heterocycles. The number of para-hydroxylation sites is 1. The van der Waals surface area contributed by atoms with Crippen LogP contribution < -0.4 is 10.2 Å². The summed E-state index contributed by atoms with van der Waals surface area (Å²) in [6.45, 7) is 0. The van der Waals surface area contributed by atoms with Crippen LogP contribution >= 0.6 is 0 Å². The first-order valence-corrected chi connectivity index (χ1v) is 7.54. The van der Waals surface area contributed by atoms with Crippen LogP contribution in [0.4, 0.5) is 5.69 Å². The maximum Gasteiger partial charge on any atom is 0.276 e. The number of fused-ring (bicyclic) bond motifs is 1. The second kappa shape index (κ2) is 5.66. The lowest BCUT2D eigenvalue weighted by Crippen LogP contribution is -2.37. The van der Waals surface area contributed by atoms with Crippen LogP contribution in [-0.2, 0) is 4.79 Å². The van der Waals surface area contributed by atoms with Crippen molar-refractivity contribution in [2.24, 2.45) is 4.99 Å². The molecule has 0 spiro atoms. The molecule has 1 aliphatic rings. The van der Waals surface area contributed by atoms with Crippen molar-refractivity contribution in [2.45, 2.75) is 0 Å². The number of anilines is 1. The molecule has 6 nitrogen and oxygen atoms in total. The Morgan fingerprint density at radius 2 is 1.96 bits per heavy atom. The lowest BCUT2D eigenvalue weighted by molar-refractivity contribution is -0.115. The number of rotatable bonds is 2. The van der Waals surface area contributed by atoms with E-state index in [4.69, 9.17) is 0 Å². The van der Waals surface area contributed by atoms with Crippen molar-refractivity contribution in [1.29, 1.82) is 0 Å². The zero-order valence-electron chi connectivity index (χ0n) is 13.0. The van der Waals surface area contributed by atoms with Crippen LogP contribution in [0.15, 0.2) is 65.5 Å². The lowest BCUT2D eigenvalue weighted by atomic mass is 10.1. The second-order valence-corrected chi connectivity index (χ2v) is 5.49. The summed E-state index contributed by atoms with van der Waals surface area (Å²) in [6.07, 6.45) is 3.41. The van der Waals surface area contributed by atoms with E-state index in [-0.39, 0.29) is 5.91 Å². The second-order valence-electron chi connectivity index (χ2n) is 5.49. The first-order valence-electron chi connectivity index (χ1n) is 7.54. The highest BCUT2D eigenvalue weighted by atomic mass is 16.2. The summed E-state index contributed by atoms with van der Waals surface area (Å²) < 4.78 is 0. The molecule has 24 heavy (non-hydrogen) atoms. The number of nitrogens with one attached hydrogen (secondary N) is 2. The van der Waals surface area contributed by atoms with Crippen molar-refractivity contribution in [3.8, 4) is 0 Å². The first kappa shape index (κ1) is 14.2. The fourth-order valence-electron chi connectivity index (χ4n) is 2.59. The number of imidazole rings is 1. The molecule has 0 radical (unpaired) electrons. The number of nitrogens with zero attached hydrogens (tertiary/aromatic N) is 3. The van der Waals surface area contributed by atoms with E-state index >= 15 is 0 Å². The van der Waals surface area contributed by atoms with Gasteiger partial charge in [0.2, 0.25) is 5.96 Å². The molecule has 0 atom stereocenters. The molecule has 2 aromatic carbocycles. The van der Waals surface area contributed by atoms with E-state index < -0.39 is 0 Å². The quantitative estimate of drug-likeness (QED) is 0.713. The number of amides is 1. The summed E-state index contributed by atoms with van der Waals surface area (Å²) in [6, 6.07) is 15.5. The monoisotopic (exact) mass is 317 g/mol. The number of benzene rings is 2. The predicted molar refractivity (Wildman–Crippen MR) is 94.5 cm³/mol. The maximum absolute atomic E-state index is 12.2. The van der Waals surface area contributed by atoms with Gasteiger partial charge in [-0.1, -0.05) is 24.3 Å². The summed E-state index contributed by atoms with van der Waals surface area (Å²) in [4.78, 5) is 25.7. The largest absolute Gasteiger partial charge is 0.345 e. The number of H-pyrrole nitrogens is 1. The molecule has 1 aliphatic heterocycles. The number of hydrogen-bond acceptors (Lipinski definition) is 4. The Balaban J connectivity index is 1.65. The molecule has 118 valence electrons. The molecule has 4 rings (SSSR count). The normalized spacial score (nSPS) is 15.6. The first-order chi connectivity index (χ1) is 11.7. The Bertz CT molecular complexity index is 971. The van der Waals surface area contributed by atoms with Gasteiger partial charge in [-0.3, -0.25) is 10.1 Å². The van der Waals surface area contributed by atoms with Crippen molar-refractivity contribution in [1.82, 2.24) is 15.3 Å². The minimum absolute atomic E-state index is 0.213.